The number of rotatable bonds is 5. The number of benzene rings is 2. The van der Waals surface area contributed by atoms with Crippen molar-refractivity contribution in [1.29, 1.82) is 0 Å². The van der Waals surface area contributed by atoms with Gasteiger partial charge in [-0.2, -0.15) is 0 Å². The fourth-order valence-electron chi connectivity index (χ4n) is 3.50. The highest BCUT2D eigenvalue weighted by atomic mass is 19.1. The molecular weight excluding hydrogens is 345 g/mol. The average molecular weight is 369 g/mol. The Morgan fingerprint density at radius 1 is 0.926 bits per heavy atom. The maximum absolute atomic E-state index is 13.3. The Kier molecular flexibility index (Phi) is 5.74. The van der Waals surface area contributed by atoms with Crippen molar-refractivity contribution in [3.05, 3.63) is 59.9 Å². The summed E-state index contributed by atoms with van der Waals surface area (Å²) in [6.45, 7) is 1.79. The fourth-order valence-corrected chi connectivity index (χ4v) is 3.50. The number of nitrogens with one attached hydrogen (secondary N) is 3. The van der Waals surface area contributed by atoms with E-state index in [1.807, 2.05) is 0 Å². The Morgan fingerprint density at radius 2 is 1.48 bits per heavy atom. The standard InChI is InChI=1S/C21H24FN3O2/c1-2-19(26)23-17-9-11-18(12-10-17)24-20(27)25-21(13-3-4-14-21)15-5-7-16(22)8-6-15/h5-12H,2-4,13-14H2,1H3,(H,23,26)(H2,24,25,27). The van der Waals surface area contributed by atoms with Gasteiger partial charge < -0.3 is 16.0 Å². The van der Waals surface area contributed by atoms with Crippen LogP contribution in [-0.2, 0) is 10.3 Å². The molecule has 5 nitrogen and oxygen atoms in total. The molecule has 3 N–H and O–H groups in total. The molecule has 1 aliphatic rings. The lowest BCUT2D eigenvalue weighted by Crippen LogP contribution is -2.45. The van der Waals surface area contributed by atoms with Gasteiger partial charge in [0.05, 0.1) is 5.54 Å². The summed E-state index contributed by atoms with van der Waals surface area (Å²) in [7, 11) is 0. The average Bonchev–Trinajstić information content (AvgIpc) is 3.13. The molecule has 1 fully saturated rings. The highest BCUT2D eigenvalue weighted by Gasteiger charge is 2.37. The van der Waals surface area contributed by atoms with E-state index in [0.29, 0.717) is 17.8 Å². The Balaban J connectivity index is 1.66. The zero-order valence-electron chi connectivity index (χ0n) is 15.3. The van der Waals surface area contributed by atoms with E-state index in [-0.39, 0.29) is 17.8 Å². The van der Waals surface area contributed by atoms with Crippen molar-refractivity contribution in [2.75, 3.05) is 10.6 Å². The van der Waals surface area contributed by atoms with Gasteiger partial charge in [0.1, 0.15) is 5.82 Å². The number of carbonyl (C=O) groups excluding carboxylic acids is 2. The van der Waals surface area contributed by atoms with Gasteiger partial charge in [-0.05, 0) is 54.8 Å². The lowest BCUT2D eigenvalue weighted by molar-refractivity contribution is -0.115. The van der Waals surface area contributed by atoms with Crippen LogP contribution in [0.2, 0.25) is 0 Å². The number of urea groups is 1. The SMILES string of the molecule is CCC(=O)Nc1ccc(NC(=O)NC2(c3ccc(F)cc3)CCCC2)cc1. The summed E-state index contributed by atoms with van der Waals surface area (Å²) in [4.78, 5) is 24.0. The largest absolute Gasteiger partial charge is 0.328 e. The Hall–Kier alpha value is -2.89. The Labute approximate surface area is 158 Å². The molecular formula is C21H24FN3O2. The summed E-state index contributed by atoms with van der Waals surface area (Å²) in [5.74, 6) is -0.345. The van der Waals surface area contributed by atoms with Crippen molar-refractivity contribution in [3.63, 3.8) is 0 Å². The second-order valence-corrected chi connectivity index (χ2v) is 6.85. The molecule has 0 aromatic heterocycles. The van der Waals surface area contributed by atoms with Crippen LogP contribution in [0.25, 0.3) is 0 Å². The van der Waals surface area contributed by atoms with Gasteiger partial charge in [-0.25, -0.2) is 9.18 Å². The number of anilines is 2. The van der Waals surface area contributed by atoms with E-state index in [0.717, 1.165) is 31.2 Å². The number of amides is 3. The van der Waals surface area contributed by atoms with Gasteiger partial charge in [-0.3, -0.25) is 4.79 Å². The molecule has 1 saturated carbocycles. The molecule has 0 radical (unpaired) electrons. The minimum Gasteiger partial charge on any atom is -0.328 e. The van der Waals surface area contributed by atoms with Crippen molar-refractivity contribution in [2.45, 2.75) is 44.6 Å². The molecule has 0 heterocycles. The van der Waals surface area contributed by atoms with Crippen molar-refractivity contribution >= 4 is 23.3 Å². The number of hydrogen-bond acceptors (Lipinski definition) is 2. The summed E-state index contributed by atoms with van der Waals surface area (Å²) in [5, 5.41) is 8.69. The Bertz CT molecular complexity index is 797. The van der Waals surface area contributed by atoms with Gasteiger partial charge in [0.15, 0.2) is 0 Å². The van der Waals surface area contributed by atoms with Gasteiger partial charge in [-0.15, -0.1) is 0 Å². The normalized spacial score (nSPS) is 15.2. The van der Waals surface area contributed by atoms with Crippen LogP contribution in [0.15, 0.2) is 48.5 Å². The third-order valence-electron chi connectivity index (χ3n) is 4.95. The minimum atomic E-state index is -0.465. The predicted octanol–water partition coefficient (Wildman–Crippen LogP) is 4.77. The third-order valence-corrected chi connectivity index (χ3v) is 4.95. The summed E-state index contributed by atoms with van der Waals surface area (Å²) in [6.07, 6.45) is 4.10. The van der Waals surface area contributed by atoms with Crippen LogP contribution in [-0.4, -0.2) is 11.9 Å². The molecule has 0 atom stereocenters. The lowest BCUT2D eigenvalue weighted by atomic mass is 9.88. The van der Waals surface area contributed by atoms with Gasteiger partial charge in [0.25, 0.3) is 0 Å². The molecule has 0 bridgehead atoms. The van der Waals surface area contributed by atoms with Gasteiger partial charge in [0, 0.05) is 17.8 Å². The quantitative estimate of drug-likeness (QED) is 0.711. The molecule has 3 amide bonds. The van der Waals surface area contributed by atoms with E-state index >= 15 is 0 Å². The second kappa shape index (κ2) is 8.20. The van der Waals surface area contributed by atoms with Crippen LogP contribution in [0.5, 0.6) is 0 Å². The monoisotopic (exact) mass is 369 g/mol. The molecule has 0 unspecified atom stereocenters. The molecule has 1 aliphatic carbocycles. The molecule has 6 heteroatoms. The van der Waals surface area contributed by atoms with Crippen LogP contribution in [0, 0.1) is 5.82 Å². The molecule has 2 aromatic carbocycles. The van der Waals surface area contributed by atoms with E-state index < -0.39 is 5.54 Å². The van der Waals surface area contributed by atoms with Crippen molar-refractivity contribution in [2.24, 2.45) is 0 Å². The maximum atomic E-state index is 13.3. The molecule has 2 aromatic rings. The number of hydrogen-bond donors (Lipinski definition) is 3. The van der Waals surface area contributed by atoms with Crippen molar-refractivity contribution < 1.29 is 14.0 Å². The first-order chi connectivity index (χ1) is 13.0. The molecule has 0 aliphatic heterocycles. The van der Waals surface area contributed by atoms with Crippen LogP contribution in [0.4, 0.5) is 20.6 Å². The summed E-state index contributed by atoms with van der Waals surface area (Å²) < 4.78 is 13.3. The fraction of sp³-hybridized carbons (Fsp3) is 0.333. The highest BCUT2D eigenvalue weighted by Crippen LogP contribution is 2.38. The molecule has 0 spiro atoms. The topological polar surface area (TPSA) is 70.2 Å². The smallest absolute Gasteiger partial charge is 0.319 e. The Morgan fingerprint density at radius 3 is 2.04 bits per heavy atom. The summed E-state index contributed by atoms with van der Waals surface area (Å²) >= 11 is 0. The lowest BCUT2D eigenvalue weighted by Gasteiger charge is -2.31. The van der Waals surface area contributed by atoms with Crippen molar-refractivity contribution in [3.8, 4) is 0 Å². The molecule has 142 valence electrons. The maximum Gasteiger partial charge on any atom is 0.319 e. The van der Waals surface area contributed by atoms with E-state index in [1.54, 1.807) is 43.3 Å². The van der Waals surface area contributed by atoms with E-state index in [1.165, 1.54) is 12.1 Å². The van der Waals surface area contributed by atoms with Gasteiger partial charge in [0.2, 0.25) is 5.91 Å². The zero-order valence-corrected chi connectivity index (χ0v) is 15.3. The third kappa shape index (κ3) is 4.64. The molecule has 0 saturated heterocycles. The molecule has 27 heavy (non-hydrogen) atoms. The first-order valence-electron chi connectivity index (χ1n) is 9.26. The van der Waals surface area contributed by atoms with Crippen LogP contribution in [0.3, 0.4) is 0 Å². The first kappa shape index (κ1) is 18.9. The minimum absolute atomic E-state index is 0.0593. The van der Waals surface area contributed by atoms with E-state index in [4.69, 9.17) is 0 Å². The number of halogens is 1. The summed E-state index contributed by atoms with van der Waals surface area (Å²) in [5.41, 5.74) is 1.78. The van der Waals surface area contributed by atoms with Crippen molar-refractivity contribution in [1.82, 2.24) is 5.32 Å². The highest BCUT2D eigenvalue weighted by molar-refractivity contribution is 5.92. The zero-order chi connectivity index (χ0) is 19.3. The first-order valence-corrected chi connectivity index (χ1v) is 9.26. The van der Waals surface area contributed by atoms with Gasteiger partial charge in [-0.1, -0.05) is 31.9 Å². The van der Waals surface area contributed by atoms with Crippen LogP contribution >= 0.6 is 0 Å². The summed E-state index contributed by atoms with van der Waals surface area (Å²) in [6, 6.07) is 13.0. The second-order valence-electron chi connectivity index (χ2n) is 6.85. The predicted molar refractivity (Wildman–Crippen MR) is 104 cm³/mol. The molecule has 3 rings (SSSR count). The van der Waals surface area contributed by atoms with E-state index in [2.05, 4.69) is 16.0 Å². The van der Waals surface area contributed by atoms with Crippen LogP contribution in [0.1, 0.15) is 44.6 Å². The van der Waals surface area contributed by atoms with Crippen LogP contribution < -0.4 is 16.0 Å². The van der Waals surface area contributed by atoms with Gasteiger partial charge >= 0.3 is 6.03 Å². The number of carbonyl (C=O) groups is 2. The van der Waals surface area contributed by atoms with E-state index in [9.17, 15) is 14.0 Å².